The number of piperidine rings is 1. The Balaban J connectivity index is 0.00000225. The molecule has 1 fully saturated rings. The van der Waals surface area contributed by atoms with Crippen molar-refractivity contribution in [3.63, 3.8) is 0 Å². The highest BCUT2D eigenvalue weighted by molar-refractivity contribution is 5.95. The normalized spacial score (nSPS) is 17.0. The Morgan fingerprint density at radius 1 is 1.28 bits per heavy atom. The molecule has 0 bridgehead atoms. The molecule has 2 aliphatic rings. The molecule has 2 aliphatic heterocycles. The van der Waals surface area contributed by atoms with Crippen LogP contribution in [0.15, 0.2) is 12.1 Å². The van der Waals surface area contributed by atoms with Crippen LogP contribution in [0, 0.1) is 5.92 Å². The van der Waals surface area contributed by atoms with Gasteiger partial charge in [-0.2, -0.15) is 0 Å². The van der Waals surface area contributed by atoms with Crippen LogP contribution in [0.25, 0.3) is 0 Å². The molecule has 1 N–H and O–H groups in total. The van der Waals surface area contributed by atoms with E-state index < -0.39 is 0 Å². The fourth-order valence-electron chi connectivity index (χ4n) is 3.27. The molecule has 0 aromatic heterocycles. The summed E-state index contributed by atoms with van der Waals surface area (Å²) < 4.78 is 16.6. The molecule has 1 aromatic rings. The van der Waals surface area contributed by atoms with E-state index in [0.717, 1.165) is 39.0 Å². The molecule has 2 heterocycles. The second-order valence-corrected chi connectivity index (χ2v) is 6.25. The Kier molecular flexibility index (Phi) is 7.20. The van der Waals surface area contributed by atoms with Gasteiger partial charge in [-0.15, -0.1) is 12.4 Å². The SMILES string of the molecule is CCNCC1CCN(C(=O)c2cc(OC)c3c(c2)OCCO3)CC1.Cl. The van der Waals surface area contributed by atoms with E-state index in [1.165, 1.54) is 0 Å². The highest BCUT2D eigenvalue weighted by Gasteiger charge is 2.26. The van der Waals surface area contributed by atoms with Crippen molar-refractivity contribution >= 4 is 18.3 Å². The first-order valence-electron chi connectivity index (χ1n) is 8.70. The predicted molar refractivity (Wildman–Crippen MR) is 98.4 cm³/mol. The van der Waals surface area contributed by atoms with Gasteiger partial charge in [0.15, 0.2) is 11.5 Å². The van der Waals surface area contributed by atoms with Crippen molar-refractivity contribution < 1.29 is 19.0 Å². The molecule has 6 nitrogen and oxygen atoms in total. The number of halogens is 1. The smallest absolute Gasteiger partial charge is 0.254 e. The fourth-order valence-corrected chi connectivity index (χ4v) is 3.27. The average Bonchev–Trinajstić information content (AvgIpc) is 2.65. The van der Waals surface area contributed by atoms with E-state index >= 15 is 0 Å². The number of rotatable bonds is 5. The Labute approximate surface area is 155 Å². The lowest BCUT2D eigenvalue weighted by molar-refractivity contribution is 0.0688. The first-order valence-corrected chi connectivity index (χ1v) is 8.70. The number of carbonyl (C=O) groups is 1. The van der Waals surface area contributed by atoms with Crippen LogP contribution >= 0.6 is 12.4 Å². The van der Waals surface area contributed by atoms with Crippen molar-refractivity contribution in [2.45, 2.75) is 19.8 Å². The first kappa shape index (κ1) is 19.7. The summed E-state index contributed by atoms with van der Waals surface area (Å²) in [6.45, 7) is 6.73. The molecule has 0 radical (unpaired) electrons. The molecular formula is C18H27ClN2O4. The summed E-state index contributed by atoms with van der Waals surface area (Å²) in [5.74, 6) is 2.42. The number of likely N-dealkylation sites (tertiary alicyclic amines) is 1. The van der Waals surface area contributed by atoms with Crippen LogP contribution in [0.3, 0.4) is 0 Å². The molecule has 1 saturated heterocycles. The number of carbonyl (C=O) groups excluding carboxylic acids is 1. The quantitative estimate of drug-likeness (QED) is 0.862. The predicted octanol–water partition coefficient (Wildman–Crippen LogP) is 2.35. The average molecular weight is 371 g/mol. The van der Waals surface area contributed by atoms with E-state index in [2.05, 4.69) is 12.2 Å². The lowest BCUT2D eigenvalue weighted by atomic mass is 9.96. The number of hydrogen-bond donors (Lipinski definition) is 1. The molecule has 0 spiro atoms. The second-order valence-electron chi connectivity index (χ2n) is 6.25. The van der Waals surface area contributed by atoms with E-state index in [9.17, 15) is 4.79 Å². The van der Waals surface area contributed by atoms with E-state index in [1.54, 1.807) is 19.2 Å². The third kappa shape index (κ3) is 4.50. The van der Waals surface area contributed by atoms with E-state index in [0.29, 0.717) is 41.9 Å². The van der Waals surface area contributed by atoms with Gasteiger partial charge in [-0.1, -0.05) is 6.92 Å². The van der Waals surface area contributed by atoms with Crippen LogP contribution in [0.2, 0.25) is 0 Å². The van der Waals surface area contributed by atoms with Crippen LogP contribution in [-0.4, -0.2) is 57.3 Å². The third-order valence-corrected chi connectivity index (χ3v) is 4.66. The second kappa shape index (κ2) is 9.15. The topological polar surface area (TPSA) is 60.0 Å². The van der Waals surface area contributed by atoms with Crippen LogP contribution in [0.4, 0.5) is 0 Å². The number of hydrogen-bond acceptors (Lipinski definition) is 5. The molecule has 0 saturated carbocycles. The summed E-state index contributed by atoms with van der Waals surface area (Å²) in [4.78, 5) is 14.8. The maximum atomic E-state index is 12.8. The highest BCUT2D eigenvalue weighted by Crippen LogP contribution is 2.40. The summed E-state index contributed by atoms with van der Waals surface area (Å²) in [5, 5.41) is 3.39. The van der Waals surface area contributed by atoms with Crippen molar-refractivity contribution in [2.24, 2.45) is 5.92 Å². The minimum absolute atomic E-state index is 0. The molecule has 7 heteroatoms. The lowest BCUT2D eigenvalue weighted by Crippen LogP contribution is -2.40. The van der Waals surface area contributed by atoms with Gasteiger partial charge in [0.2, 0.25) is 5.75 Å². The molecule has 0 unspecified atom stereocenters. The van der Waals surface area contributed by atoms with Gasteiger partial charge in [0.05, 0.1) is 7.11 Å². The highest BCUT2D eigenvalue weighted by atomic mass is 35.5. The summed E-state index contributed by atoms with van der Waals surface area (Å²) in [6, 6.07) is 3.52. The fraction of sp³-hybridized carbons (Fsp3) is 0.611. The van der Waals surface area contributed by atoms with Crippen LogP contribution < -0.4 is 19.5 Å². The number of nitrogens with one attached hydrogen (secondary N) is 1. The third-order valence-electron chi connectivity index (χ3n) is 4.66. The van der Waals surface area contributed by atoms with Crippen molar-refractivity contribution in [3.05, 3.63) is 17.7 Å². The largest absolute Gasteiger partial charge is 0.493 e. The molecule has 0 atom stereocenters. The Morgan fingerprint density at radius 2 is 2.00 bits per heavy atom. The summed E-state index contributed by atoms with van der Waals surface area (Å²) in [7, 11) is 1.58. The maximum Gasteiger partial charge on any atom is 0.254 e. The van der Waals surface area contributed by atoms with Gasteiger partial charge in [0, 0.05) is 18.7 Å². The number of fused-ring (bicyclic) bond motifs is 1. The maximum absolute atomic E-state index is 12.8. The minimum Gasteiger partial charge on any atom is -0.493 e. The molecule has 25 heavy (non-hydrogen) atoms. The molecule has 1 amide bonds. The standard InChI is InChI=1S/C18H26N2O4.ClH/c1-3-19-12-13-4-6-20(7-5-13)18(21)14-10-15(22-2)17-16(11-14)23-8-9-24-17;/h10-11,13,19H,3-9,12H2,1-2H3;1H. The monoisotopic (exact) mass is 370 g/mol. The zero-order valence-electron chi connectivity index (χ0n) is 14.9. The van der Waals surface area contributed by atoms with E-state index in [-0.39, 0.29) is 18.3 Å². The number of methoxy groups -OCH3 is 1. The summed E-state index contributed by atoms with van der Waals surface area (Å²) >= 11 is 0. The summed E-state index contributed by atoms with van der Waals surface area (Å²) in [5.41, 5.74) is 0.598. The van der Waals surface area contributed by atoms with Gasteiger partial charge < -0.3 is 24.4 Å². The lowest BCUT2D eigenvalue weighted by Gasteiger charge is -2.32. The van der Waals surface area contributed by atoms with Crippen LogP contribution in [0.1, 0.15) is 30.1 Å². The van der Waals surface area contributed by atoms with Gasteiger partial charge in [-0.05, 0) is 44.0 Å². The Bertz CT molecular complexity index is 571. The summed E-state index contributed by atoms with van der Waals surface area (Å²) in [6.07, 6.45) is 2.08. The van der Waals surface area contributed by atoms with Crippen molar-refractivity contribution in [1.82, 2.24) is 10.2 Å². The van der Waals surface area contributed by atoms with Gasteiger partial charge in [-0.25, -0.2) is 0 Å². The minimum atomic E-state index is 0. The van der Waals surface area contributed by atoms with Crippen molar-refractivity contribution in [2.75, 3.05) is 46.5 Å². The molecule has 3 rings (SSSR count). The Hall–Kier alpha value is -1.66. The van der Waals surface area contributed by atoms with Crippen LogP contribution in [0.5, 0.6) is 17.2 Å². The van der Waals surface area contributed by atoms with E-state index in [4.69, 9.17) is 14.2 Å². The van der Waals surface area contributed by atoms with Gasteiger partial charge in [-0.3, -0.25) is 4.79 Å². The van der Waals surface area contributed by atoms with Gasteiger partial charge in [0.1, 0.15) is 13.2 Å². The van der Waals surface area contributed by atoms with Crippen LogP contribution in [-0.2, 0) is 0 Å². The van der Waals surface area contributed by atoms with Gasteiger partial charge in [0.25, 0.3) is 5.91 Å². The first-order chi connectivity index (χ1) is 11.7. The zero-order chi connectivity index (χ0) is 16.9. The number of amides is 1. The van der Waals surface area contributed by atoms with Crippen molar-refractivity contribution in [1.29, 1.82) is 0 Å². The number of benzene rings is 1. The molecule has 140 valence electrons. The molecular weight excluding hydrogens is 344 g/mol. The molecule has 0 aliphatic carbocycles. The number of nitrogens with zero attached hydrogens (tertiary/aromatic N) is 1. The van der Waals surface area contributed by atoms with Gasteiger partial charge >= 0.3 is 0 Å². The zero-order valence-corrected chi connectivity index (χ0v) is 15.7. The van der Waals surface area contributed by atoms with E-state index in [1.807, 2.05) is 4.90 Å². The number of ether oxygens (including phenoxy) is 3. The Morgan fingerprint density at radius 3 is 2.68 bits per heavy atom. The molecule has 1 aromatic carbocycles. The van der Waals surface area contributed by atoms with Crippen molar-refractivity contribution in [3.8, 4) is 17.2 Å².